The van der Waals surface area contributed by atoms with E-state index in [1.54, 1.807) is 40.6 Å². The number of H-pyrrole nitrogens is 1. The van der Waals surface area contributed by atoms with Gasteiger partial charge in [0, 0.05) is 49.2 Å². The molecule has 0 aliphatic carbocycles. The first-order valence-corrected chi connectivity index (χ1v) is 11.5. The zero-order valence-electron chi connectivity index (χ0n) is 17.4. The highest BCUT2D eigenvalue weighted by Gasteiger charge is 2.36. The molecule has 160 valence electrons. The Morgan fingerprint density at radius 2 is 2.17 bits per heavy atom. The number of hydrogen-bond acceptors (Lipinski definition) is 6. The number of aryl methyl sites for hydroxylation is 1. The highest BCUT2D eigenvalue weighted by Crippen LogP contribution is 2.35. The van der Waals surface area contributed by atoms with Crippen molar-refractivity contribution in [3.8, 4) is 11.1 Å². The zero-order chi connectivity index (χ0) is 21.5. The molecule has 3 aromatic rings. The number of nitrogens with one attached hydrogen (secondary N) is 1. The third-order valence-corrected chi connectivity index (χ3v) is 7.36. The SMILES string of the molecule is Cc1nn(CC(C)C)cc1S(=O)(=O)N1CC[C@H](c2[nH]ncc2-c2ccnc(N)c2)C1. The summed E-state index contributed by atoms with van der Waals surface area (Å²) in [6.07, 6.45) is 5.78. The number of aromatic amines is 1. The van der Waals surface area contributed by atoms with Crippen LogP contribution in [0.5, 0.6) is 0 Å². The molecule has 3 aromatic heterocycles. The van der Waals surface area contributed by atoms with Crippen LogP contribution >= 0.6 is 0 Å². The van der Waals surface area contributed by atoms with Gasteiger partial charge in [-0.05, 0) is 37.0 Å². The molecule has 1 aliphatic rings. The Hall–Kier alpha value is -2.72. The average Bonchev–Trinajstić information content (AvgIpc) is 3.40. The van der Waals surface area contributed by atoms with Gasteiger partial charge in [0.05, 0.1) is 11.9 Å². The van der Waals surface area contributed by atoms with Crippen LogP contribution in [0.1, 0.15) is 37.6 Å². The predicted molar refractivity (Wildman–Crippen MR) is 114 cm³/mol. The molecule has 30 heavy (non-hydrogen) atoms. The molecule has 10 heteroatoms. The van der Waals surface area contributed by atoms with Crippen LogP contribution in [0.4, 0.5) is 5.82 Å². The third-order valence-electron chi connectivity index (χ3n) is 5.39. The summed E-state index contributed by atoms with van der Waals surface area (Å²) in [7, 11) is -3.61. The van der Waals surface area contributed by atoms with Crippen molar-refractivity contribution in [1.29, 1.82) is 0 Å². The topological polar surface area (TPSA) is 123 Å². The first-order chi connectivity index (χ1) is 14.3. The Balaban J connectivity index is 1.57. The van der Waals surface area contributed by atoms with E-state index >= 15 is 0 Å². The van der Waals surface area contributed by atoms with Gasteiger partial charge >= 0.3 is 0 Å². The second-order valence-corrected chi connectivity index (χ2v) is 10.1. The molecule has 3 N–H and O–H groups in total. The zero-order valence-corrected chi connectivity index (χ0v) is 18.2. The second-order valence-electron chi connectivity index (χ2n) is 8.21. The monoisotopic (exact) mass is 429 g/mol. The molecular formula is C20H27N7O2S. The smallest absolute Gasteiger partial charge is 0.246 e. The number of nitrogens with two attached hydrogens (primary N) is 1. The standard InChI is InChI=1S/C20H27N7O2S/c1-13(2)10-26-12-18(14(3)25-26)30(28,29)27-7-5-16(11-27)20-17(9-23-24-20)15-4-6-22-19(21)8-15/h4,6,8-9,12-13,16H,5,7,10-11H2,1-3H3,(H2,21,22)(H,23,24)/t16-/m0/s1. The van der Waals surface area contributed by atoms with Crippen molar-refractivity contribution in [2.24, 2.45) is 5.92 Å². The van der Waals surface area contributed by atoms with Crippen molar-refractivity contribution in [2.75, 3.05) is 18.8 Å². The maximum absolute atomic E-state index is 13.3. The molecule has 1 atom stereocenters. The molecule has 9 nitrogen and oxygen atoms in total. The lowest BCUT2D eigenvalue weighted by Crippen LogP contribution is -2.29. The average molecular weight is 430 g/mol. The Morgan fingerprint density at radius 1 is 1.37 bits per heavy atom. The molecule has 1 fully saturated rings. The Bertz CT molecular complexity index is 1150. The number of nitrogens with zero attached hydrogens (tertiary/aromatic N) is 5. The lowest BCUT2D eigenvalue weighted by molar-refractivity contribution is 0.469. The van der Waals surface area contributed by atoms with E-state index in [9.17, 15) is 8.42 Å². The van der Waals surface area contributed by atoms with Crippen molar-refractivity contribution < 1.29 is 8.42 Å². The van der Waals surface area contributed by atoms with E-state index in [0.29, 0.717) is 43.5 Å². The van der Waals surface area contributed by atoms with Gasteiger partial charge in [-0.15, -0.1) is 0 Å². The second kappa shape index (κ2) is 7.84. The molecule has 0 spiro atoms. The lowest BCUT2D eigenvalue weighted by atomic mass is 9.97. The third kappa shape index (κ3) is 3.84. The Kier molecular flexibility index (Phi) is 5.37. The summed E-state index contributed by atoms with van der Waals surface area (Å²) in [5.41, 5.74) is 9.12. The maximum atomic E-state index is 13.3. The van der Waals surface area contributed by atoms with Crippen LogP contribution in [0.25, 0.3) is 11.1 Å². The molecule has 0 bridgehead atoms. The number of nitrogen functional groups attached to an aromatic ring is 1. The van der Waals surface area contributed by atoms with E-state index in [4.69, 9.17) is 5.73 Å². The van der Waals surface area contributed by atoms with Crippen LogP contribution in [0.3, 0.4) is 0 Å². The van der Waals surface area contributed by atoms with Crippen LogP contribution in [-0.2, 0) is 16.6 Å². The van der Waals surface area contributed by atoms with E-state index in [1.165, 1.54) is 0 Å². The van der Waals surface area contributed by atoms with Crippen LogP contribution in [0.15, 0.2) is 35.6 Å². The molecule has 0 amide bonds. The lowest BCUT2D eigenvalue weighted by Gasteiger charge is -2.16. The minimum Gasteiger partial charge on any atom is -0.384 e. The Morgan fingerprint density at radius 3 is 2.90 bits per heavy atom. The van der Waals surface area contributed by atoms with E-state index in [2.05, 4.69) is 34.1 Å². The highest BCUT2D eigenvalue weighted by atomic mass is 32.2. The van der Waals surface area contributed by atoms with Crippen molar-refractivity contribution in [3.05, 3.63) is 42.1 Å². The number of anilines is 1. The summed E-state index contributed by atoms with van der Waals surface area (Å²) in [5, 5.41) is 11.7. The largest absolute Gasteiger partial charge is 0.384 e. The van der Waals surface area contributed by atoms with E-state index < -0.39 is 10.0 Å². The van der Waals surface area contributed by atoms with Crippen LogP contribution in [0.2, 0.25) is 0 Å². The fourth-order valence-corrected chi connectivity index (χ4v) is 5.66. The fraction of sp³-hybridized carbons (Fsp3) is 0.450. The van der Waals surface area contributed by atoms with Crippen molar-refractivity contribution in [2.45, 2.75) is 44.6 Å². The summed E-state index contributed by atoms with van der Waals surface area (Å²) < 4.78 is 29.9. The number of hydrogen-bond donors (Lipinski definition) is 2. The number of rotatable bonds is 6. The fourth-order valence-electron chi connectivity index (χ4n) is 3.99. The molecular weight excluding hydrogens is 402 g/mol. The summed E-state index contributed by atoms with van der Waals surface area (Å²) in [4.78, 5) is 4.32. The van der Waals surface area contributed by atoms with Crippen LogP contribution in [-0.4, -0.2) is 50.8 Å². The van der Waals surface area contributed by atoms with Crippen molar-refractivity contribution >= 4 is 15.8 Å². The van der Waals surface area contributed by atoms with Gasteiger partial charge in [0.15, 0.2) is 0 Å². The normalized spacial score (nSPS) is 17.8. The predicted octanol–water partition coefficient (Wildman–Crippen LogP) is 2.39. The van der Waals surface area contributed by atoms with Gasteiger partial charge in [-0.2, -0.15) is 14.5 Å². The van der Waals surface area contributed by atoms with Gasteiger partial charge in [-0.3, -0.25) is 9.78 Å². The summed E-state index contributed by atoms with van der Waals surface area (Å²) in [6.45, 7) is 7.44. The molecule has 0 aromatic carbocycles. The van der Waals surface area contributed by atoms with Gasteiger partial charge in [-0.1, -0.05) is 13.8 Å². The summed E-state index contributed by atoms with van der Waals surface area (Å²) in [5.74, 6) is 0.846. The minimum atomic E-state index is -3.61. The van der Waals surface area contributed by atoms with Gasteiger partial charge in [0.25, 0.3) is 0 Å². The van der Waals surface area contributed by atoms with Gasteiger partial charge in [0.1, 0.15) is 10.7 Å². The molecule has 0 unspecified atom stereocenters. The first kappa shape index (κ1) is 20.5. The number of sulfonamides is 1. The summed E-state index contributed by atoms with van der Waals surface area (Å²) in [6, 6.07) is 3.67. The molecule has 4 rings (SSSR count). The highest BCUT2D eigenvalue weighted by molar-refractivity contribution is 7.89. The van der Waals surface area contributed by atoms with Crippen molar-refractivity contribution in [1.82, 2.24) is 29.3 Å². The Labute approximate surface area is 176 Å². The van der Waals surface area contributed by atoms with E-state index in [0.717, 1.165) is 16.8 Å². The quantitative estimate of drug-likeness (QED) is 0.620. The van der Waals surface area contributed by atoms with Gasteiger partial charge in [0.2, 0.25) is 10.0 Å². The molecule has 1 saturated heterocycles. The van der Waals surface area contributed by atoms with Gasteiger partial charge < -0.3 is 5.73 Å². The molecule has 4 heterocycles. The number of pyridine rings is 1. The summed E-state index contributed by atoms with van der Waals surface area (Å²) >= 11 is 0. The molecule has 1 aliphatic heterocycles. The molecule has 0 saturated carbocycles. The van der Waals surface area contributed by atoms with Gasteiger partial charge in [-0.25, -0.2) is 13.4 Å². The maximum Gasteiger partial charge on any atom is 0.246 e. The van der Waals surface area contributed by atoms with Crippen LogP contribution < -0.4 is 5.73 Å². The number of aromatic nitrogens is 5. The van der Waals surface area contributed by atoms with E-state index in [-0.39, 0.29) is 10.8 Å². The van der Waals surface area contributed by atoms with Crippen molar-refractivity contribution in [3.63, 3.8) is 0 Å². The van der Waals surface area contributed by atoms with Crippen LogP contribution in [0, 0.1) is 12.8 Å². The van der Waals surface area contributed by atoms with E-state index in [1.807, 2.05) is 6.07 Å². The first-order valence-electron chi connectivity index (χ1n) is 10.0. The minimum absolute atomic E-state index is 0.0256. The molecule has 0 radical (unpaired) electrons.